The summed E-state index contributed by atoms with van der Waals surface area (Å²) in [6.45, 7) is 7.08. The lowest BCUT2D eigenvalue weighted by molar-refractivity contribution is -0.142. The highest BCUT2D eigenvalue weighted by Gasteiger charge is 2.22. The number of carbonyl (C=O) groups is 2. The van der Waals surface area contributed by atoms with E-state index < -0.39 is 12.0 Å². The fourth-order valence-electron chi connectivity index (χ4n) is 4.20. The number of hydrogen-bond donors (Lipinski definition) is 3. The number of aryl methyl sites for hydroxylation is 2. The molecule has 0 saturated heterocycles. The molecule has 8 nitrogen and oxygen atoms in total. The quantitative estimate of drug-likeness (QED) is 0.323. The lowest BCUT2D eigenvalue weighted by atomic mass is 10.1. The van der Waals surface area contributed by atoms with Gasteiger partial charge in [-0.25, -0.2) is 9.78 Å². The molecule has 2 heterocycles. The predicted octanol–water partition coefficient (Wildman–Crippen LogP) is 3.76. The number of aliphatic carboxylic acids is 1. The molecule has 1 aromatic heterocycles. The molecule has 196 valence electrons. The summed E-state index contributed by atoms with van der Waals surface area (Å²) in [5, 5.41) is 15.6. The van der Waals surface area contributed by atoms with Crippen molar-refractivity contribution in [3.63, 3.8) is 0 Å². The molecule has 0 saturated carbocycles. The Hall–Kier alpha value is -3.13. The molecule has 1 aromatic carbocycles. The van der Waals surface area contributed by atoms with Crippen LogP contribution >= 0.6 is 0 Å². The SMILES string of the molecule is CC(C)C(=O)N[C@@H](CCN(CCCCc1ccc2c(n1)NCCC2)CCOc1ccccc1)C(=O)O. The number of ether oxygens (including phenoxy) is 1. The highest BCUT2D eigenvalue weighted by molar-refractivity contribution is 5.84. The second kappa shape index (κ2) is 14.4. The largest absolute Gasteiger partial charge is 0.492 e. The number of pyridine rings is 1. The van der Waals surface area contributed by atoms with Gasteiger partial charge in [0.2, 0.25) is 5.91 Å². The monoisotopic (exact) mass is 496 g/mol. The van der Waals surface area contributed by atoms with Gasteiger partial charge in [-0.05, 0) is 68.8 Å². The second-order valence-electron chi connectivity index (χ2n) is 9.64. The van der Waals surface area contributed by atoms with Crippen LogP contribution in [0.1, 0.15) is 50.8 Å². The molecule has 3 rings (SSSR count). The van der Waals surface area contributed by atoms with Gasteiger partial charge in [0.25, 0.3) is 0 Å². The van der Waals surface area contributed by atoms with Crippen molar-refractivity contribution < 1.29 is 19.4 Å². The van der Waals surface area contributed by atoms with Gasteiger partial charge < -0.3 is 20.5 Å². The van der Waals surface area contributed by atoms with Crippen LogP contribution in [0.25, 0.3) is 0 Å². The van der Waals surface area contributed by atoms with Crippen molar-refractivity contribution in [2.24, 2.45) is 5.92 Å². The van der Waals surface area contributed by atoms with Crippen LogP contribution in [-0.2, 0) is 22.4 Å². The van der Waals surface area contributed by atoms with Crippen molar-refractivity contribution >= 4 is 17.7 Å². The molecular formula is C28H40N4O4. The molecule has 1 aliphatic rings. The van der Waals surface area contributed by atoms with Crippen LogP contribution in [0.5, 0.6) is 5.75 Å². The number of rotatable bonds is 15. The normalized spacial score (nSPS) is 13.7. The summed E-state index contributed by atoms with van der Waals surface area (Å²) >= 11 is 0. The summed E-state index contributed by atoms with van der Waals surface area (Å²) in [6.07, 6.45) is 5.46. The van der Waals surface area contributed by atoms with Crippen LogP contribution in [0.3, 0.4) is 0 Å². The number of anilines is 1. The van der Waals surface area contributed by atoms with E-state index in [0.717, 1.165) is 62.5 Å². The van der Waals surface area contributed by atoms with Gasteiger partial charge in [-0.2, -0.15) is 0 Å². The van der Waals surface area contributed by atoms with Gasteiger partial charge >= 0.3 is 5.97 Å². The Labute approximate surface area is 214 Å². The minimum atomic E-state index is -1.00. The molecular weight excluding hydrogens is 456 g/mol. The van der Waals surface area contributed by atoms with Gasteiger partial charge in [0, 0.05) is 31.2 Å². The van der Waals surface area contributed by atoms with Crippen LogP contribution in [0, 0.1) is 5.92 Å². The Morgan fingerprint density at radius 3 is 2.67 bits per heavy atom. The molecule has 0 fully saturated rings. The molecule has 1 aliphatic heterocycles. The first-order chi connectivity index (χ1) is 17.4. The highest BCUT2D eigenvalue weighted by atomic mass is 16.5. The van der Waals surface area contributed by atoms with Crippen LogP contribution in [-0.4, -0.2) is 65.7 Å². The van der Waals surface area contributed by atoms with E-state index in [0.29, 0.717) is 26.1 Å². The van der Waals surface area contributed by atoms with Crippen molar-refractivity contribution in [3.8, 4) is 5.75 Å². The van der Waals surface area contributed by atoms with E-state index in [4.69, 9.17) is 9.72 Å². The summed E-state index contributed by atoms with van der Waals surface area (Å²) in [5.74, 6) is 0.346. The van der Waals surface area contributed by atoms with Gasteiger partial charge in [0.1, 0.15) is 24.2 Å². The van der Waals surface area contributed by atoms with E-state index >= 15 is 0 Å². The Morgan fingerprint density at radius 2 is 1.92 bits per heavy atom. The maximum atomic E-state index is 12.0. The Bertz CT molecular complexity index is 967. The molecule has 1 atom stereocenters. The molecule has 3 N–H and O–H groups in total. The molecule has 0 bridgehead atoms. The topological polar surface area (TPSA) is 104 Å². The smallest absolute Gasteiger partial charge is 0.326 e. The third kappa shape index (κ3) is 9.15. The van der Waals surface area contributed by atoms with Crippen LogP contribution in [0.2, 0.25) is 0 Å². The summed E-state index contributed by atoms with van der Waals surface area (Å²) < 4.78 is 5.87. The van der Waals surface area contributed by atoms with Crippen molar-refractivity contribution in [2.45, 2.75) is 58.4 Å². The molecule has 2 aromatic rings. The van der Waals surface area contributed by atoms with E-state index in [-0.39, 0.29) is 11.8 Å². The number of nitrogens with zero attached hydrogens (tertiary/aromatic N) is 2. The zero-order chi connectivity index (χ0) is 25.8. The van der Waals surface area contributed by atoms with Crippen molar-refractivity contribution in [3.05, 3.63) is 53.7 Å². The Balaban J connectivity index is 1.50. The first-order valence-electron chi connectivity index (χ1n) is 13.1. The molecule has 8 heteroatoms. The third-order valence-electron chi connectivity index (χ3n) is 6.40. The van der Waals surface area contributed by atoms with E-state index in [1.54, 1.807) is 13.8 Å². The van der Waals surface area contributed by atoms with Crippen molar-refractivity contribution in [1.29, 1.82) is 0 Å². The van der Waals surface area contributed by atoms with E-state index in [1.807, 2.05) is 30.3 Å². The highest BCUT2D eigenvalue weighted by Crippen LogP contribution is 2.20. The van der Waals surface area contributed by atoms with Gasteiger partial charge in [-0.1, -0.05) is 38.1 Å². The average molecular weight is 497 g/mol. The third-order valence-corrected chi connectivity index (χ3v) is 6.40. The summed E-state index contributed by atoms with van der Waals surface area (Å²) in [7, 11) is 0. The van der Waals surface area contributed by atoms with Crippen LogP contribution in [0.15, 0.2) is 42.5 Å². The van der Waals surface area contributed by atoms with Crippen LogP contribution in [0.4, 0.5) is 5.82 Å². The number of benzene rings is 1. The van der Waals surface area contributed by atoms with Gasteiger partial charge in [-0.15, -0.1) is 0 Å². The minimum absolute atomic E-state index is 0.242. The van der Waals surface area contributed by atoms with E-state index in [2.05, 4.69) is 27.7 Å². The van der Waals surface area contributed by atoms with Crippen molar-refractivity contribution in [2.75, 3.05) is 38.1 Å². The number of carbonyl (C=O) groups excluding carboxylic acids is 1. The molecule has 36 heavy (non-hydrogen) atoms. The van der Waals surface area contributed by atoms with Crippen molar-refractivity contribution in [1.82, 2.24) is 15.2 Å². The van der Waals surface area contributed by atoms with E-state index in [9.17, 15) is 14.7 Å². The number of unbranched alkanes of at least 4 members (excludes halogenated alkanes) is 1. The average Bonchev–Trinajstić information content (AvgIpc) is 2.88. The van der Waals surface area contributed by atoms with Gasteiger partial charge in [0.05, 0.1) is 0 Å². The van der Waals surface area contributed by atoms with Crippen LogP contribution < -0.4 is 15.4 Å². The molecule has 0 unspecified atom stereocenters. The Morgan fingerprint density at radius 1 is 1.11 bits per heavy atom. The Kier molecular flexibility index (Phi) is 11.0. The van der Waals surface area contributed by atoms with Gasteiger partial charge in [-0.3, -0.25) is 9.69 Å². The number of amides is 1. The fraction of sp³-hybridized carbons (Fsp3) is 0.536. The maximum absolute atomic E-state index is 12.0. The number of para-hydroxylation sites is 1. The first-order valence-corrected chi connectivity index (χ1v) is 13.1. The number of aromatic nitrogens is 1. The number of carboxylic acids is 1. The molecule has 0 spiro atoms. The standard InChI is InChI=1S/C28H40N4O4/c1-21(2)27(33)31-25(28(34)35)15-18-32(19-20-36-24-11-4-3-5-12-24)17-7-6-10-23-14-13-22-9-8-16-29-26(22)30-23/h3-5,11-14,21,25H,6-10,15-20H2,1-2H3,(H,29,30)(H,31,33)(H,34,35)/t25-/m0/s1. The predicted molar refractivity (Wildman–Crippen MR) is 141 cm³/mol. The van der Waals surface area contributed by atoms with E-state index in [1.165, 1.54) is 5.56 Å². The fourth-order valence-corrected chi connectivity index (χ4v) is 4.20. The zero-order valence-electron chi connectivity index (χ0n) is 21.5. The number of nitrogens with one attached hydrogen (secondary N) is 2. The minimum Gasteiger partial charge on any atom is -0.492 e. The second-order valence-corrected chi connectivity index (χ2v) is 9.64. The number of carboxylic acid groups (broad SMARTS) is 1. The maximum Gasteiger partial charge on any atom is 0.326 e. The number of hydrogen-bond acceptors (Lipinski definition) is 6. The first kappa shape index (κ1) is 27.5. The summed E-state index contributed by atoms with van der Waals surface area (Å²) in [4.78, 5) is 30.8. The lowest BCUT2D eigenvalue weighted by Crippen LogP contribution is -2.45. The summed E-state index contributed by atoms with van der Waals surface area (Å²) in [5.41, 5.74) is 2.40. The molecule has 0 aliphatic carbocycles. The zero-order valence-corrected chi connectivity index (χ0v) is 21.5. The van der Waals surface area contributed by atoms with Gasteiger partial charge in [0.15, 0.2) is 0 Å². The summed E-state index contributed by atoms with van der Waals surface area (Å²) in [6, 6.07) is 13.1. The molecule has 0 radical (unpaired) electrons. The molecule has 1 amide bonds. The lowest BCUT2D eigenvalue weighted by Gasteiger charge is -2.25. The number of fused-ring (bicyclic) bond motifs is 1.